The van der Waals surface area contributed by atoms with Crippen molar-refractivity contribution >= 4 is 40.5 Å². The Balaban J connectivity index is 1.60. The minimum Gasteiger partial charge on any atom is -0.376 e. The Hall–Kier alpha value is -2.12. The molecule has 172 valence electrons. The highest BCUT2D eigenvalue weighted by atomic mass is 35.5. The zero-order valence-electron chi connectivity index (χ0n) is 18.6. The van der Waals surface area contributed by atoms with Gasteiger partial charge in [-0.2, -0.15) is 0 Å². The molecule has 2 aromatic heterocycles. The van der Waals surface area contributed by atoms with Crippen LogP contribution < -0.4 is 5.32 Å². The Labute approximate surface area is 209 Å². The first-order valence-corrected chi connectivity index (χ1v) is 12.3. The summed E-state index contributed by atoms with van der Waals surface area (Å²) in [4.78, 5) is 6.93. The fourth-order valence-corrected chi connectivity index (χ4v) is 5.88. The summed E-state index contributed by atoms with van der Waals surface area (Å²) >= 11 is 18.6. The Bertz CT molecular complexity index is 1180. The van der Waals surface area contributed by atoms with Gasteiger partial charge in [0.05, 0.1) is 34.6 Å². The third-order valence-corrected chi connectivity index (χ3v) is 7.45. The maximum absolute atomic E-state index is 6.59. The molecule has 5 rings (SSSR count). The normalized spacial score (nSPS) is 22.7. The molecule has 0 unspecified atom stereocenters. The van der Waals surface area contributed by atoms with Crippen LogP contribution in [0.25, 0.3) is 5.69 Å². The molecule has 5 nitrogen and oxygen atoms in total. The number of ether oxygens (including phenoxy) is 1. The number of benzene rings is 1. The number of hydrogen-bond donors (Lipinski definition) is 1. The third-order valence-electron chi connectivity index (χ3n) is 6.56. The molecule has 3 atom stereocenters. The summed E-state index contributed by atoms with van der Waals surface area (Å²) in [6.45, 7) is 5.80. The fourth-order valence-electron chi connectivity index (χ4n) is 5.07. The molecule has 0 aliphatic carbocycles. The molecule has 1 aromatic carbocycles. The first kappa shape index (κ1) is 22.7. The predicted octanol–water partition coefficient (Wildman–Crippen LogP) is 5.95. The van der Waals surface area contributed by atoms with Crippen molar-refractivity contribution in [1.29, 1.82) is 0 Å². The minimum atomic E-state index is -0.0604. The fraction of sp³-hybridized carbons (Fsp3) is 0.360. The number of pyridine rings is 1. The van der Waals surface area contributed by atoms with E-state index in [2.05, 4.69) is 45.7 Å². The van der Waals surface area contributed by atoms with Gasteiger partial charge in [-0.25, -0.2) is 0 Å². The summed E-state index contributed by atoms with van der Waals surface area (Å²) in [6.07, 6.45) is 4.16. The molecule has 2 fully saturated rings. The van der Waals surface area contributed by atoms with E-state index < -0.39 is 0 Å². The van der Waals surface area contributed by atoms with Gasteiger partial charge in [-0.15, -0.1) is 0 Å². The molecule has 3 aromatic rings. The Morgan fingerprint density at radius 1 is 1.18 bits per heavy atom. The number of nitrogens with zero attached hydrogens (tertiary/aromatic N) is 3. The monoisotopic (exact) mass is 500 g/mol. The summed E-state index contributed by atoms with van der Waals surface area (Å²) in [5.41, 5.74) is 5.29. The van der Waals surface area contributed by atoms with Crippen LogP contribution in [-0.2, 0) is 4.74 Å². The SMILES string of the molecule is Cc1cc([C@@H]2[C@@H](c3ccccn3)NC(=S)N2C[C@H]2CCCO2)c(C)n1-c1ccc(Cl)cc1Cl. The van der Waals surface area contributed by atoms with Crippen molar-refractivity contribution in [2.75, 3.05) is 13.2 Å². The van der Waals surface area contributed by atoms with Gasteiger partial charge in [-0.05, 0) is 80.9 Å². The maximum atomic E-state index is 6.59. The molecule has 0 bridgehead atoms. The summed E-state index contributed by atoms with van der Waals surface area (Å²) in [7, 11) is 0. The van der Waals surface area contributed by atoms with Crippen LogP contribution in [0.15, 0.2) is 48.7 Å². The van der Waals surface area contributed by atoms with Crippen molar-refractivity contribution in [2.24, 2.45) is 0 Å². The second-order valence-electron chi connectivity index (χ2n) is 8.67. The lowest BCUT2D eigenvalue weighted by atomic mass is 9.96. The van der Waals surface area contributed by atoms with E-state index in [1.165, 1.54) is 5.56 Å². The van der Waals surface area contributed by atoms with Crippen LogP contribution in [0.5, 0.6) is 0 Å². The summed E-state index contributed by atoms with van der Waals surface area (Å²) in [5.74, 6) is 0. The summed E-state index contributed by atoms with van der Waals surface area (Å²) in [5, 5.41) is 5.52. The number of thiocarbonyl (C=S) groups is 1. The smallest absolute Gasteiger partial charge is 0.170 e. The van der Waals surface area contributed by atoms with E-state index in [1.54, 1.807) is 6.07 Å². The number of rotatable bonds is 5. The quantitative estimate of drug-likeness (QED) is 0.438. The summed E-state index contributed by atoms with van der Waals surface area (Å²) in [6, 6.07) is 13.8. The molecular formula is C25H26Cl2N4OS. The van der Waals surface area contributed by atoms with Crippen LogP contribution in [0.4, 0.5) is 0 Å². The van der Waals surface area contributed by atoms with Gasteiger partial charge < -0.3 is 19.5 Å². The van der Waals surface area contributed by atoms with E-state index >= 15 is 0 Å². The molecule has 33 heavy (non-hydrogen) atoms. The second kappa shape index (κ2) is 9.26. The molecule has 2 aliphatic heterocycles. The van der Waals surface area contributed by atoms with Crippen molar-refractivity contribution in [3.05, 3.63) is 81.4 Å². The van der Waals surface area contributed by atoms with Crippen molar-refractivity contribution in [2.45, 2.75) is 44.9 Å². The van der Waals surface area contributed by atoms with Gasteiger partial charge >= 0.3 is 0 Å². The van der Waals surface area contributed by atoms with Crippen LogP contribution in [0.3, 0.4) is 0 Å². The molecule has 2 aliphatic rings. The van der Waals surface area contributed by atoms with E-state index in [-0.39, 0.29) is 18.2 Å². The molecule has 0 radical (unpaired) electrons. The molecule has 4 heterocycles. The van der Waals surface area contributed by atoms with Crippen LogP contribution in [0.1, 0.15) is 47.6 Å². The van der Waals surface area contributed by atoms with Crippen molar-refractivity contribution < 1.29 is 4.74 Å². The topological polar surface area (TPSA) is 42.3 Å². The molecule has 0 saturated carbocycles. The maximum Gasteiger partial charge on any atom is 0.170 e. The van der Waals surface area contributed by atoms with Crippen molar-refractivity contribution in [1.82, 2.24) is 19.8 Å². The lowest BCUT2D eigenvalue weighted by molar-refractivity contribution is 0.0842. The first-order chi connectivity index (χ1) is 15.9. The first-order valence-electron chi connectivity index (χ1n) is 11.2. The van der Waals surface area contributed by atoms with Gasteiger partial charge in [-0.3, -0.25) is 4.98 Å². The highest BCUT2D eigenvalue weighted by Crippen LogP contribution is 2.42. The van der Waals surface area contributed by atoms with Crippen LogP contribution in [0.2, 0.25) is 10.0 Å². The molecule has 8 heteroatoms. The van der Waals surface area contributed by atoms with Crippen LogP contribution >= 0.6 is 35.4 Å². The van der Waals surface area contributed by atoms with Crippen LogP contribution in [-0.4, -0.2) is 38.8 Å². The standard InChI is InChI=1S/C25H26Cl2N4OS/c1-15-12-19(16(2)31(15)22-9-8-17(26)13-20(22)27)24-23(21-7-3-4-10-28-21)29-25(33)30(24)14-18-6-5-11-32-18/h3-4,7-10,12-13,18,23-24H,5-6,11,14H2,1-2H3,(H,29,33)/t18-,23-,24-/m1/s1. The third kappa shape index (κ3) is 4.26. The number of aromatic nitrogens is 2. The molecular weight excluding hydrogens is 475 g/mol. The van der Waals surface area contributed by atoms with Gasteiger partial charge in [0.25, 0.3) is 0 Å². The Morgan fingerprint density at radius 2 is 2.03 bits per heavy atom. The molecule has 0 amide bonds. The zero-order chi connectivity index (χ0) is 23.1. The van der Waals surface area contributed by atoms with E-state index in [4.69, 9.17) is 40.2 Å². The number of aryl methyl sites for hydroxylation is 1. The average molecular weight is 501 g/mol. The molecule has 0 spiro atoms. The lowest BCUT2D eigenvalue weighted by Crippen LogP contribution is -2.36. The van der Waals surface area contributed by atoms with E-state index in [1.807, 2.05) is 30.5 Å². The second-order valence-corrected chi connectivity index (χ2v) is 9.90. The number of hydrogen-bond acceptors (Lipinski definition) is 3. The van der Waals surface area contributed by atoms with Gasteiger partial charge in [0.1, 0.15) is 0 Å². The highest BCUT2D eigenvalue weighted by molar-refractivity contribution is 7.80. The van der Waals surface area contributed by atoms with E-state index in [0.717, 1.165) is 53.9 Å². The van der Waals surface area contributed by atoms with Gasteiger partial charge in [0.15, 0.2) is 5.11 Å². The number of halogens is 2. The van der Waals surface area contributed by atoms with Crippen molar-refractivity contribution in [3.63, 3.8) is 0 Å². The Morgan fingerprint density at radius 3 is 2.73 bits per heavy atom. The molecule has 1 N–H and O–H groups in total. The van der Waals surface area contributed by atoms with Gasteiger partial charge in [0.2, 0.25) is 0 Å². The largest absolute Gasteiger partial charge is 0.376 e. The molecule has 2 saturated heterocycles. The van der Waals surface area contributed by atoms with Crippen molar-refractivity contribution in [3.8, 4) is 5.69 Å². The number of nitrogens with one attached hydrogen (secondary N) is 1. The minimum absolute atomic E-state index is 0.0115. The predicted molar refractivity (Wildman–Crippen MR) is 136 cm³/mol. The Kier molecular flexibility index (Phi) is 6.36. The zero-order valence-corrected chi connectivity index (χ0v) is 20.9. The van der Waals surface area contributed by atoms with Gasteiger partial charge in [0, 0.05) is 35.8 Å². The van der Waals surface area contributed by atoms with E-state index in [9.17, 15) is 0 Å². The van der Waals surface area contributed by atoms with Gasteiger partial charge in [-0.1, -0.05) is 29.3 Å². The summed E-state index contributed by atoms with van der Waals surface area (Å²) < 4.78 is 8.15. The van der Waals surface area contributed by atoms with Crippen LogP contribution in [0, 0.1) is 13.8 Å². The lowest BCUT2D eigenvalue weighted by Gasteiger charge is -2.30. The highest BCUT2D eigenvalue weighted by Gasteiger charge is 2.42. The average Bonchev–Trinajstić information content (AvgIpc) is 3.49. The van der Waals surface area contributed by atoms with E-state index in [0.29, 0.717) is 10.0 Å².